The fraction of sp³-hybridized carbons (Fsp3) is 0.440. The number of Topliss-reactive ketones (excluding diaryl/α,β-unsaturated/α-hetero) is 1. The van der Waals surface area contributed by atoms with Crippen LogP contribution in [0.5, 0.6) is 34.5 Å². The fourth-order valence-corrected chi connectivity index (χ4v) is 4.33. The lowest BCUT2D eigenvalue weighted by Gasteiger charge is -2.40. The van der Waals surface area contributed by atoms with E-state index in [0.717, 1.165) is 6.92 Å². The molecule has 38 heavy (non-hydrogen) atoms. The maximum atomic E-state index is 13.0. The Balaban J connectivity index is 1.67. The third-order valence-electron chi connectivity index (χ3n) is 6.22. The smallest absolute Gasteiger partial charge is 0.302 e. The van der Waals surface area contributed by atoms with Crippen molar-refractivity contribution in [3.8, 4) is 34.5 Å². The van der Waals surface area contributed by atoms with Gasteiger partial charge in [0.2, 0.25) is 12.0 Å². The molecule has 0 saturated carbocycles. The Labute approximate surface area is 216 Å². The second-order valence-electron chi connectivity index (χ2n) is 8.73. The number of benzene rings is 2. The zero-order chi connectivity index (χ0) is 27.7. The van der Waals surface area contributed by atoms with Gasteiger partial charge in [0.1, 0.15) is 59.9 Å². The standard InChI is InChI=1S/C25H28O13/c1-10(26)35-9-18-20(30)21(31)22(32)25(38-18)37-15-5-4-11(27)6-12(15)16-7-13(28)19-14(29)8-17(33-2)23(34-3)24(19)36-16/h4-6,8,16,18,20-22,25,27,29-32H,7,9H2,1-3H3/t16-,18+,20+,21-,22+,25+/m0/s1. The molecule has 2 aromatic rings. The number of esters is 1. The molecule has 0 unspecified atom stereocenters. The number of methoxy groups -OCH3 is 2. The van der Waals surface area contributed by atoms with Crippen LogP contribution in [-0.2, 0) is 14.3 Å². The van der Waals surface area contributed by atoms with Crippen molar-refractivity contribution in [3.63, 3.8) is 0 Å². The first-order chi connectivity index (χ1) is 18.0. The lowest BCUT2D eigenvalue weighted by atomic mass is 9.94. The van der Waals surface area contributed by atoms with Gasteiger partial charge in [-0.25, -0.2) is 0 Å². The summed E-state index contributed by atoms with van der Waals surface area (Å²) in [6, 6.07) is 5.13. The van der Waals surface area contributed by atoms with E-state index in [9.17, 15) is 35.1 Å². The molecule has 4 rings (SSSR count). The number of aliphatic hydroxyl groups excluding tert-OH is 3. The molecule has 2 aromatic carbocycles. The molecular weight excluding hydrogens is 508 g/mol. The van der Waals surface area contributed by atoms with E-state index in [1.807, 2.05) is 0 Å². The Morgan fingerprint density at radius 2 is 1.76 bits per heavy atom. The lowest BCUT2D eigenvalue weighted by molar-refractivity contribution is -0.278. The molecule has 0 aromatic heterocycles. The number of aromatic hydroxyl groups is 2. The van der Waals surface area contributed by atoms with E-state index < -0.39 is 55.2 Å². The number of ketones is 1. The van der Waals surface area contributed by atoms with Crippen LogP contribution in [0.25, 0.3) is 0 Å². The van der Waals surface area contributed by atoms with Crippen LogP contribution in [0.2, 0.25) is 0 Å². The van der Waals surface area contributed by atoms with Crippen LogP contribution in [0.4, 0.5) is 0 Å². The summed E-state index contributed by atoms with van der Waals surface area (Å²) in [7, 11) is 2.69. The molecule has 0 aliphatic carbocycles. The quantitative estimate of drug-likeness (QED) is 0.309. The number of phenols is 2. The average Bonchev–Trinajstić information content (AvgIpc) is 2.88. The number of carbonyl (C=O) groups excluding carboxylic acids is 2. The van der Waals surface area contributed by atoms with Gasteiger partial charge in [-0.3, -0.25) is 9.59 Å². The van der Waals surface area contributed by atoms with E-state index in [4.69, 9.17) is 28.4 Å². The molecule has 0 bridgehead atoms. The number of phenolic OH excluding ortho intramolecular Hbond substituents is 2. The third-order valence-corrected chi connectivity index (χ3v) is 6.22. The minimum Gasteiger partial charge on any atom is -0.508 e. The second kappa shape index (κ2) is 10.9. The maximum Gasteiger partial charge on any atom is 0.302 e. The Bertz CT molecular complexity index is 1210. The van der Waals surface area contributed by atoms with Crippen LogP contribution >= 0.6 is 0 Å². The summed E-state index contributed by atoms with van der Waals surface area (Å²) in [6.45, 7) is 0.746. The van der Waals surface area contributed by atoms with Crippen LogP contribution < -0.4 is 18.9 Å². The predicted octanol–water partition coefficient (Wildman–Crippen LogP) is 0.571. The molecule has 206 valence electrons. The molecule has 1 saturated heterocycles. The average molecular weight is 536 g/mol. The Hall–Kier alpha value is -3.78. The first-order valence-corrected chi connectivity index (χ1v) is 11.6. The molecule has 5 N–H and O–H groups in total. The summed E-state index contributed by atoms with van der Waals surface area (Å²) in [5.74, 6) is -1.56. The minimum absolute atomic E-state index is 0.00834. The van der Waals surface area contributed by atoms with Crippen molar-refractivity contribution in [1.82, 2.24) is 0 Å². The number of hydrogen-bond donors (Lipinski definition) is 5. The van der Waals surface area contributed by atoms with E-state index >= 15 is 0 Å². The highest BCUT2D eigenvalue weighted by atomic mass is 16.7. The van der Waals surface area contributed by atoms with Gasteiger partial charge in [-0.1, -0.05) is 0 Å². The Morgan fingerprint density at radius 3 is 2.42 bits per heavy atom. The van der Waals surface area contributed by atoms with Gasteiger partial charge in [-0.2, -0.15) is 0 Å². The molecule has 0 radical (unpaired) electrons. The van der Waals surface area contributed by atoms with Crippen LogP contribution in [0.3, 0.4) is 0 Å². The highest BCUT2D eigenvalue weighted by molar-refractivity contribution is 6.04. The van der Waals surface area contributed by atoms with E-state index in [1.165, 1.54) is 38.5 Å². The maximum absolute atomic E-state index is 13.0. The molecular formula is C25H28O13. The van der Waals surface area contributed by atoms with Crippen LogP contribution in [0.15, 0.2) is 24.3 Å². The normalized spacial score (nSPS) is 26.6. The molecule has 6 atom stereocenters. The molecule has 13 heteroatoms. The van der Waals surface area contributed by atoms with Gasteiger partial charge in [0.15, 0.2) is 17.3 Å². The van der Waals surface area contributed by atoms with Crippen LogP contribution in [0.1, 0.15) is 35.4 Å². The molecule has 2 aliphatic heterocycles. The van der Waals surface area contributed by atoms with E-state index in [2.05, 4.69) is 0 Å². The molecule has 13 nitrogen and oxygen atoms in total. The number of ether oxygens (including phenoxy) is 6. The van der Waals surface area contributed by atoms with Gasteiger partial charge in [-0.05, 0) is 18.2 Å². The predicted molar refractivity (Wildman–Crippen MR) is 126 cm³/mol. The van der Waals surface area contributed by atoms with Gasteiger partial charge in [0.25, 0.3) is 0 Å². The van der Waals surface area contributed by atoms with Crippen molar-refractivity contribution in [2.24, 2.45) is 0 Å². The van der Waals surface area contributed by atoms with Crippen molar-refractivity contribution in [2.45, 2.75) is 50.2 Å². The van der Waals surface area contributed by atoms with E-state index in [0.29, 0.717) is 0 Å². The van der Waals surface area contributed by atoms with Gasteiger partial charge in [0.05, 0.1) is 20.6 Å². The van der Waals surface area contributed by atoms with Crippen LogP contribution in [0, 0.1) is 0 Å². The Kier molecular flexibility index (Phi) is 7.83. The monoisotopic (exact) mass is 536 g/mol. The molecule has 2 heterocycles. The molecule has 0 amide bonds. The highest BCUT2D eigenvalue weighted by Crippen LogP contribution is 2.51. The minimum atomic E-state index is -1.71. The van der Waals surface area contributed by atoms with Gasteiger partial charge >= 0.3 is 5.97 Å². The van der Waals surface area contributed by atoms with Crippen molar-refractivity contribution in [2.75, 3.05) is 20.8 Å². The Morgan fingerprint density at radius 1 is 1.03 bits per heavy atom. The molecule has 2 aliphatic rings. The van der Waals surface area contributed by atoms with Crippen LogP contribution in [-0.4, -0.2) is 88.8 Å². The van der Waals surface area contributed by atoms with E-state index in [-0.39, 0.29) is 52.0 Å². The van der Waals surface area contributed by atoms with Crippen molar-refractivity contribution in [1.29, 1.82) is 0 Å². The van der Waals surface area contributed by atoms with E-state index in [1.54, 1.807) is 0 Å². The highest BCUT2D eigenvalue weighted by Gasteiger charge is 2.46. The third kappa shape index (κ3) is 5.13. The molecule has 1 fully saturated rings. The van der Waals surface area contributed by atoms with Crippen molar-refractivity contribution >= 4 is 11.8 Å². The van der Waals surface area contributed by atoms with Gasteiger partial charge < -0.3 is 54.0 Å². The number of fused-ring (bicyclic) bond motifs is 1. The number of aliphatic hydroxyl groups is 3. The largest absolute Gasteiger partial charge is 0.508 e. The molecule has 0 spiro atoms. The summed E-state index contributed by atoms with van der Waals surface area (Å²) in [4.78, 5) is 24.2. The zero-order valence-corrected chi connectivity index (χ0v) is 20.7. The SMILES string of the molecule is COc1cc(O)c2c(c1OC)O[C@H](c1cc(O)ccc1O[C@@H]1O[C@H](COC(C)=O)[C@@H](O)[C@H](O)[C@H]1O)CC2=O. The van der Waals surface area contributed by atoms with Crippen molar-refractivity contribution < 1.29 is 63.5 Å². The number of carbonyl (C=O) groups is 2. The summed E-state index contributed by atoms with van der Waals surface area (Å²) < 4.78 is 32.9. The summed E-state index contributed by atoms with van der Waals surface area (Å²) in [6.07, 6.45) is -9.06. The number of rotatable bonds is 7. The number of hydrogen-bond acceptors (Lipinski definition) is 13. The summed E-state index contributed by atoms with van der Waals surface area (Å²) in [5, 5.41) is 51.6. The fourth-order valence-electron chi connectivity index (χ4n) is 4.33. The lowest BCUT2D eigenvalue weighted by Crippen LogP contribution is -2.60. The van der Waals surface area contributed by atoms with Gasteiger partial charge in [0, 0.05) is 18.6 Å². The van der Waals surface area contributed by atoms with Crippen molar-refractivity contribution in [3.05, 3.63) is 35.4 Å². The van der Waals surface area contributed by atoms with Gasteiger partial charge in [-0.15, -0.1) is 0 Å². The first-order valence-electron chi connectivity index (χ1n) is 11.6. The second-order valence-corrected chi connectivity index (χ2v) is 8.73. The first kappa shape index (κ1) is 27.3. The summed E-state index contributed by atoms with van der Waals surface area (Å²) >= 11 is 0. The summed E-state index contributed by atoms with van der Waals surface area (Å²) in [5.41, 5.74) is 0.0688. The topological polar surface area (TPSA) is 191 Å². The zero-order valence-electron chi connectivity index (χ0n) is 20.7.